The van der Waals surface area contributed by atoms with Crippen LogP contribution in [0.4, 0.5) is 5.69 Å². The summed E-state index contributed by atoms with van der Waals surface area (Å²) in [5, 5.41) is 18.4. The summed E-state index contributed by atoms with van der Waals surface area (Å²) < 4.78 is 12.1. The number of non-ortho nitro benzene ring substituents is 1. The molecular weight excluding hydrogens is 406 g/mol. The Kier molecular flexibility index (Phi) is 5.14. The van der Waals surface area contributed by atoms with E-state index in [4.69, 9.17) is 9.15 Å². The number of rotatable bonds is 6. The van der Waals surface area contributed by atoms with Gasteiger partial charge < -0.3 is 14.1 Å². The summed E-state index contributed by atoms with van der Waals surface area (Å²) in [4.78, 5) is 36.9. The first-order chi connectivity index (χ1) is 14.9. The number of H-pyrrole nitrogens is 1. The molecule has 2 aromatic heterocycles. The van der Waals surface area contributed by atoms with Crippen LogP contribution < -0.4 is 5.69 Å². The topological polar surface area (TPSA) is 146 Å². The fourth-order valence-electron chi connectivity index (χ4n) is 2.89. The first kappa shape index (κ1) is 19.8. The van der Waals surface area contributed by atoms with Gasteiger partial charge in [0.15, 0.2) is 6.61 Å². The predicted octanol–water partition coefficient (Wildman–Crippen LogP) is 2.79. The highest BCUT2D eigenvalue weighted by Crippen LogP contribution is 2.21. The second kappa shape index (κ2) is 8.06. The van der Waals surface area contributed by atoms with E-state index in [1.54, 1.807) is 37.4 Å². The third-order valence-corrected chi connectivity index (χ3v) is 4.44. The Labute approximate surface area is 174 Å². The molecule has 0 aliphatic rings. The predicted molar refractivity (Wildman–Crippen MR) is 107 cm³/mol. The largest absolute Gasteiger partial charge is 0.452 e. The molecule has 2 heterocycles. The van der Waals surface area contributed by atoms with Crippen molar-refractivity contribution in [1.82, 2.24) is 19.7 Å². The van der Waals surface area contributed by atoms with Crippen LogP contribution in [0.5, 0.6) is 0 Å². The summed E-state index contributed by atoms with van der Waals surface area (Å²) in [5.41, 5.74) is 1.82. The van der Waals surface area contributed by atoms with E-state index in [-0.39, 0.29) is 29.8 Å². The zero-order chi connectivity index (χ0) is 22.0. The zero-order valence-electron chi connectivity index (χ0n) is 16.1. The molecule has 156 valence electrons. The van der Waals surface area contributed by atoms with E-state index in [1.807, 2.05) is 0 Å². The van der Waals surface area contributed by atoms with Gasteiger partial charge in [0.05, 0.1) is 16.2 Å². The molecule has 0 fully saturated rings. The lowest BCUT2D eigenvalue weighted by molar-refractivity contribution is -0.384. The summed E-state index contributed by atoms with van der Waals surface area (Å²) >= 11 is 0. The van der Waals surface area contributed by atoms with Crippen LogP contribution in [-0.2, 0) is 11.3 Å². The third kappa shape index (κ3) is 4.10. The van der Waals surface area contributed by atoms with Crippen molar-refractivity contribution in [3.05, 3.63) is 92.5 Å². The van der Waals surface area contributed by atoms with E-state index in [1.165, 1.54) is 28.8 Å². The maximum atomic E-state index is 12.3. The molecule has 0 saturated carbocycles. The van der Waals surface area contributed by atoms with E-state index >= 15 is 0 Å². The number of carbonyl (C=O) groups is 1. The Hall–Kier alpha value is -4.54. The number of aryl methyl sites for hydroxylation is 1. The van der Waals surface area contributed by atoms with Crippen molar-refractivity contribution in [3.63, 3.8) is 0 Å². The molecule has 0 atom stereocenters. The van der Waals surface area contributed by atoms with E-state index < -0.39 is 10.9 Å². The second-order valence-electron chi connectivity index (χ2n) is 6.50. The van der Waals surface area contributed by atoms with Gasteiger partial charge in [-0.3, -0.25) is 14.7 Å². The highest BCUT2D eigenvalue weighted by Gasteiger charge is 2.14. The molecular formula is C20H15N5O6. The molecule has 11 nitrogen and oxygen atoms in total. The molecule has 0 radical (unpaired) electrons. The van der Waals surface area contributed by atoms with Crippen molar-refractivity contribution in [2.24, 2.45) is 0 Å². The maximum Gasteiger partial charge on any atom is 0.338 e. The van der Waals surface area contributed by atoms with Gasteiger partial charge in [-0.25, -0.2) is 9.59 Å². The lowest BCUT2D eigenvalue weighted by Gasteiger charge is -2.06. The number of esters is 1. The van der Waals surface area contributed by atoms with Crippen LogP contribution in [0, 0.1) is 17.0 Å². The summed E-state index contributed by atoms with van der Waals surface area (Å²) in [6.45, 7) is 1.55. The lowest BCUT2D eigenvalue weighted by Crippen LogP contribution is -2.16. The molecule has 31 heavy (non-hydrogen) atoms. The van der Waals surface area contributed by atoms with Crippen molar-refractivity contribution >= 4 is 11.7 Å². The van der Waals surface area contributed by atoms with Gasteiger partial charge in [0, 0.05) is 29.6 Å². The van der Waals surface area contributed by atoms with Gasteiger partial charge >= 0.3 is 11.7 Å². The fourth-order valence-corrected chi connectivity index (χ4v) is 2.89. The first-order valence-corrected chi connectivity index (χ1v) is 9.04. The number of nitrogens with zero attached hydrogens (tertiary/aromatic N) is 4. The molecule has 4 aromatic rings. The van der Waals surface area contributed by atoms with Crippen molar-refractivity contribution < 1.29 is 18.9 Å². The minimum absolute atomic E-state index is 0.0556. The summed E-state index contributed by atoms with van der Waals surface area (Å²) in [5.74, 6) is -0.370. The number of nitrogens with one attached hydrogen (secondary N) is 1. The molecule has 11 heteroatoms. The van der Waals surface area contributed by atoms with Crippen LogP contribution in [0.2, 0.25) is 0 Å². The monoisotopic (exact) mass is 421 g/mol. The smallest absolute Gasteiger partial charge is 0.338 e. The number of hydrogen-bond donors (Lipinski definition) is 1. The molecule has 4 rings (SSSR count). The zero-order valence-corrected chi connectivity index (χ0v) is 16.1. The van der Waals surface area contributed by atoms with Gasteiger partial charge in [0.25, 0.3) is 11.6 Å². The number of aromatic nitrogens is 4. The summed E-state index contributed by atoms with van der Waals surface area (Å²) in [7, 11) is 0. The average molecular weight is 421 g/mol. The second-order valence-corrected chi connectivity index (χ2v) is 6.50. The molecule has 0 saturated heterocycles. The third-order valence-electron chi connectivity index (χ3n) is 4.44. The van der Waals surface area contributed by atoms with Gasteiger partial charge in [-0.15, -0.1) is 10.2 Å². The molecule has 0 amide bonds. The average Bonchev–Trinajstić information content (AvgIpc) is 3.38. The van der Waals surface area contributed by atoms with Crippen molar-refractivity contribution in [2.45, 2.75) is 13.5 Å². The molecule has 0 aliphatic carbocycles. The number of nitro benzene ring substituents is 1. The Morgan fingerprint density at radius 3 is 2.48 bits per heavy atom. The van der Waals surface area contributed by atoms with E-state index in [9.17, 15) is 19.7 Å². The van der Waals surface area contributed by atoms with Crippen LogP contribution in [-0.4, -0.2) is 30.6 Å². The molecule has 2 aromatic carbocycles. The Morgan fingerprint density at radius 1 is 1.16 bits per heavy atom. The van der Waals surface area contributed by atoms with Crippen molar-refractivity contribution in [1.29, 1.82) is 0 Å². The Bertz CT molecular complexity index is 1300. The first-order valence-electron chi connectivity index (χ1n) is 9.04. The molecule has 0 spiro atoms. The van der Waals surface area contributed by atoms with Crippen LogP contribution in [0.1, 0.15) is 21.9 Å². The van der Waals surface area contributed by atoms with Crippen LogP contribution in [0.15, 0.2) is 63.9 Å². The van der Waals surface area contributed by atoms with Crippen LogP contribution >= 0.6 is 0 Å². The highest BCUT2D eigenvalue weighted by molar-refractivity contribution is 5.89. The van der Waals surface area contributed by atoms with E-state index in [0.717, 1.165) is 5.69 Å². The number of nitro groups is 1. The number of aromatic amines is 1. The molecule has 1 N–H and O–H groups in total. The van der Waals surface area contributed by atoms with Crippen molar-refractivity contribution in [2.75, 3.05) is 0 Å². The summed E-state index contributed by atoms with van der Waals surface area (Å²) in [6, 6.07) is 12.0. The Morgan fingerprint density at radius 2 is 1.87 bits per heavy atom. The number of ether oxygens (including phenoxy) is 1. The minimum atomic E-state index is -0.597. The van der Waals surface area contributed by atoms with Crippen molar-refractivity contribution in [3.8, 4) is 17.1 Å². The van der Waals surface area contributed by atoms with Gasteiger partial charge in [0.1, 0.15) is 0 Å². The van der Waals surface area contributed by atoms with E-state index in [2.05, 4.69) is 15.2 Å². The standard InChI is InChI=1S/C20H15N5O6/c1-12-10-21-20(27)24(12)15-6-4-14(5-7-15)19(26)30-11-17-22-23-18(31-17)13-2-8-16(9-3-13)25(28)29/h2-10H,11H2,1H3,(H,21,27). The van der Waals surface area contributed by atoms with E-state index in [0.29, 0.717) is 16.8 Å². The van der Waals surface area contributed by atoms with Crippen LogP contribution in [0.25, 0.3) is 17.1 Å². The summed E-state index contributed by atoms with van der Waals surface area (Å²) in [6.07, 6.45) is 1.60. The number of benzene rings is 2. The maximum absolute atomic E-state index is 12.3. The minimum Gasteiger partial charge on any atom is -0.452 e. The SMILES string of the molecule is Cc1c[nH]c(=O)n1-c1ccc(C(=O)OCc2nnc(-c3ccc([N+](=O)[O-])cc3)o2)cc1. The molecule has 0 aliphatic heterocycles. The van der Waals surface area contributed by atoms with Gasteiger partial charge in [-0.2, -0.15) is 0 Å². The molecule has 0 unspecified atom stereocenters. The van der Waals surface area contributed by atoms with Gasteiger partial charge in [0.2, 0.25) is 5.89 Å². The number of carbonyl (C=O) groups excluding carboxylic acids is 1. The Balaban J connectivity index is 1.40. The number of hydrogen-bond acceptors (Lipinski definition) is 8. The van der Waals surface area contributed by atoms with Gasteiger partial charge in [-0.05, 0) is 43.3 Å². The lowest BCUT2D eigenvalue weighted by atomic mass is 10.2. The normalized spacial score (nSPS) is 10.7. The van der Waals surface area contributed by atoms with Gasteiger partial charge in [-0.1, -0.05) is 0 Å². The fraction of sp³-hybridized carbons (Fsp3) is 0.100. The quantitative estimate of drug-likeness (QED) is 0.284. The molecule has 0 bridgehead atoms. The highest BCUT2D eigenvalue weighted by atomic mass is 16.6. The number of imidazole rings is 1. The van der Waals surface area contributed by atoms with Crippen LogP contribution in [0.3, 0.4) is 0 Å².